The number of hydrogen-bond donors (Lipinski definition) is 1. The van der Waals surface area contributed by atoms with Gasteiger partial charge >= 0.3 is 0 Å². The quantitative estimate of drug-likeness (QED) is 0.878. The van der Waals surface area contributed by atoms with Crippen molar-refractivity contribution >= 4 is 17.3 Å². The predicted molar refractivity (Wildman–Crippen MR) is 79.3 cm³/mol. The van der Waals surface area contributed by atoms with Crippen LogP contribution in [-0.4, -0.2) is 0 Å². The lowest BCUT2D eigenvalue weighted by molar-refractivity contribution is 0.614. The summed E-state index contributed by atoms with van der Waals surface area (Å²) in [6, 6.07) is 12.1. The minimum absolute atomic E-state index is 0.129. The Kier molecular flexibility index (Phi) is 4.26. The standard InChI is InChI=1S/C16H14ClFN2/c1-10-3-4-12(7-15(10)18)11(2)20-16-8-14(17)6-5-13(16)9-19/h3-8,11,20H,1-2H3. The summed E-state index contributed by atoms with van der Waals surface area (Å²) in [5.41, 5.74) is 2.58. The van der Waals surface area contributed by atoms with Gasteiger partial charge in [-0.1, -0.05) is 23.7 Å². The summed E-state index contributed by atoms with van der Waals surface area (Å²) in [5.74, 6) is -0.234. The number of halogens is 2. The van der Waals surface area contributed by atoms with Gasteiger partial charge in [0.1, 0.15) is 11.9 Å². The molecular formula is C16H14ClFN2. The minimum Gasteiger partial charge on any atom is -0.377 e. The molecule has 102 valence electrons. The van der Waals surface area contributed by atoms with Gasteiger partial charge in [0.15, 0.2) is 0 Å². The molecule has 2 aromatic carbocycles. The highest BCUT2D eigenvalue weighted by Gasteiger charge is 2.10. The van der Waals surface area contributed by atoms with Crippen molar-refractivity contribution in [2.45, 2.75) is 19.9 Å². The Balaban J connectivity index is 2.27. The molecule has 1 atom stereocenters. The fourth-order valence-corrected chi connectivity index (χ4v) is 2.10. The second-order valence-corrected chi connectivity index (χ2v) is 5.11. The number of benzene rings is 2. The average Bonchev–Trinajstić information content (AvgIpc) is 2.42. The zero-order valence-corrected chi connectivity index (χ0v) is 12.0. The van der Waals surface area contributed by atoms with E-state index < -0.39 is 0 Å². The van der Waals surface area contributed by atoms with Crippen molar-refractivity contribution in [2.24, 2.45) is 0 Å². The second kappa shape index (κ2) is 5.94. The van der Waals surface area contributed by atoms with E-state index in [1.54, 1.807) is 31.2 Å². The minimum atomic E-state index is -0.234. The molecule has 2 nitrogen and oxygen atoms in total. The second-order valence-electron chi connectivity index (χ2n) is 4.68. The van der Waals surface area contributed by atoms with Crippen LogP contribution in [0.5, 0.6) is 0 Å². The maximum atomic E-state index is 13.6. The molecule has 0 saturated carbocycles. The van der Waals surface area contributed by atoms with Crippen LogP contribution in [0.25, 0.3) is 0 Å². The topological polar surface area (TPSA) is 35.8 Å². The predicted octanol–water partition coefficient (Wildman–Crippen LogP) is 4.83. The molecule has 4 heteroatoms. The molecule has 0 bridgehead atoms. The van der Waals surface area contributed by atoms with E-state index in [0.29, 0.717) is 21.8 Å². The third-order valence-corrected chi connectivity index (χ3v) is 3.41. The van der Waals surface area contributed by atoms with Crippen LogP contribution in [0.1, 0.15) is 29.7 Å². The van der Waals surface area contributed by atoms with Gasteiger partial charge in [-0.2, -0.15) is 5.26 Å². The first-order valence-electron chi connectivity index (χ1n) is 6.23. The van der Waals surface area contributed by atoms with E-state index >= 15 is 0 Å². The third kappa shape index (κ3) is 3.09. The molecule has 0 fully saturated rings. The van der Waals surface area contributed by atoms with Crippen molar-refractivity contribution in [1.29, 1.82) is 5.26 Å². The Labute approximate surface area is 122 Å². The molecule has 1 N–H and O–H groups in total. The maximum Gasteiger partial charge on any atom is 0.126 e. The first-order chi connectivity index (χ1) is 9.51. The van der Waals surface area contributed by atoms with Crippen molar-refractivity contribution in [3.63, 3.8) is 0 Å². The largest absolute Gasteiger partial charge is 0.377 e. The number of anilines is 1. The van der Waals surface area contributed by atoms with Crippen molar-refractivity contribution in [1.82, 2.24) is 0 Å². The van der Waals surface area contributed by atoms with Crippen LogP contribution in [0.3, 0.4) is 0 Å². The summed E-state index contributed by atoms with van der Waals surface area (Å²) in [5, 5.41) is 12.8. The first kappa shape index (κ1) is 14.4. The van der Waals surface area contributed by atoms with Gasteiger partial charge in [0.2, 0.25) is 0 Å². The lowest BCUT2D eigenvalue weighted by Gasteiger charge is -2.17. The van der Waals surface area contributed by atoms with Crippen LogP contribution in [0.15, 0.2) is 36.4 Å². The van der Waals surface area contributed by atoms with Crippen molar-refractivity contribution in [3.8, 4) is 6.07 Å². The molecule has 0 radical (unpaired) electrons. The fourth-order valence-electron chi connectivity index (χ4n) is 1.93. The molecule has 0 heterocycles. The van der Waals surface area contributed by atoms with Gasteiger partial charge in [-0.25, -0.2) is 4.39 Å². The Morgan fingerprint density at radius 1 is 1.25 bits per heavy atom. The highest BCUT2D eigenvalue weighted by molar-refractivity contribution is 6.30. The monoisotopic (exact) mass is 288 g/mol. The molecular weight excluding hydrogens is 275 g/mol. The smallest absolute Gasteiger partial charge is 0.126 e. The van der Waals surface area contributed by atoms with E-state index in [2.05, 4.69) is 11.4 Å². The van der Waals surface area contributed by atoms with Crippen LogP contribution < -0.4 is 5.32 Å². The molecule has 2 aromatic rings. The van der Waals surface area contributed by atoms with Crippen LogP contribution in [0.4, 0.5) is 10.1 Å². The van der Waals surface area contributed by atoms with Gasteiger partial charge < -0.3 is 5.32 Å². The summed E-state index contributed by atoms with van der Waals surface area (Å²) < 4.78 is 13.6. The normalized spacial score (nSPS) is 11.8. The SMILES string of the molecule is Cc1ccc(C(C)Nc2cc(Cl)ccc2C#N)cc1F. The number of nitrogens with zero attached hydrogens (tertiary/aromatic N) is 1. The summed E-state index contributed by atoms with van der Waals surface area (Å²) in [4.78, 5) is 0. The van der Waals surface area contributed by atoms with Gasteiger partial charge in [0.25, 0.3) is 0 Å². The Hall–Kier alpha value is -2.05. The van der Waals surface area contributed by atoms with Gasteiger partial charge in [0.05, 0.1) is 11.3 Å². The van der Waals surface area contributed by atoms with Crippen molar-refractivity contribution in [3.05, 3.63) is 63.9 Å². The molecule has 0 aliphatic rings. The van der Waals surface area contributed by atoms with E-state index in [0.717, 1.165) is 5.56 Å². The van der Waals surface area contributed by atoms with Gasteiger partial charge in [0, 0.05) is 11.1 Å². The summed E-state index contributed by atoms with van der Waals surface area (Å²) in [7, 11) is 0. The molecule has 1 unspecified atom stereocenters. The first-order valence-corrected chi connectivity index (χ1v) is 6.61. The lowest BCUT2D eigenvalue weighted by Crippen LogP contribution is -2.08. The van der Waals surface area contributed by atoms with Crippen LogP contribution >= 0.6 is 11.6 Å². The highest BCUT2D eigenvalue weighted by atomic mass is 35.5. The molecule has 0 amide bonds. The van der Waals surface area contributed by atoms with Gasteiger partial charge in [-0.05, 0) is 49.2 Å². The Bertz CT molecular complexity index is 677. The summed E-state index contributed by atoms with van der Waals surface area (Å²) in [6.45, 7) is 3.63. The van der Waals surface area contributed by atoms with E-state index in [1.807, 2.05) is 13.0 Å². The van der Waals surface area contributed by atoms with Crippen LogP contribution in [0, 0.1) is 24.1 Å². The van der Waals surface area contributed by atoms with Gasteiger partial charge in [-0.15, -0.1) is 0 Å². The summed E-state index contributed by atoms with van der Waals surface area (Å²) in [6.07, 6.45) is 0. The maximum absolute atomic E-state index is 13.6. The van der Waals surface area contributed by atoms with E-state index in [4.69, 9.17) is 16.9 Å². The van der Waals surface area contributed by atoms with E-state index in [1.165, 1.54) is 6.07 Å². The number of hydrogen-bond acceptors (Lipinski definition) is 2. The zero-order chi connectivity index (χ0) is 14.7. The van der Waals surface area contributed by atoms with E-state index in [9.17, 15) is 4.39 Å². The van der Waals surface area contributed by atoms with Crippen molar-refractivity contribution < 1.29 is 4.39 Å². The molecule has 20 heavy (non-hydrogen) atoms. The molecule has 0 aromatic heterocycles. The lowest BCUT2D eigenvalue weighted by atomic mass is 10.0. The number of nitriles is 1. The third-order valence-electron chi connectivity index (χ3n) is 3.17. The van der Waals surface area contributed by atoms with Crippen molar-refractivity contribution in [2.75, 3.05) is 5.32 Å². The van der Waals surface area contributed by atoms with Gasteiger partial charge in [-0.3, -0.25) is 0 Å². The highest BCUT2D eigenvalue weighted by Crippen LogP contribution is 2.26. The van der Waals surface area contributed by atoms with Crippen LogP contribution in [-0.2, 0) is 0 Å². The molecule has 0 aliphatic heterocycles. The molecule has 0 aliphatic carbocycles. The Morgan fingerprint density at radius 3 is 2.65 bits per heavy atom. The average molecular weight is 289 g/mol. The number of nitrogens with one attached hydrogen (secondary N) is 1. The molecule has 0 saturated heterocycles. The molecule has 2 rings (SSSR count). The zero-order valence-electron chi connectivity index (χ0n) is 11.2. The van der Waals surface area contributed by atoms with E-state index in [-0.39, 0.29) is 11.9 Å². The molecule has 0 spiro atoms. The Morgan fingerprint density at radius 2 is 2.00 bits per heavy atom. The number of aryl methyl sites for hydroxylation is 1. The fraction of sp³-hybridized carbons (Fsp3) is 0.188. The van der Waals surface area contributed by atoms with Crippen LogP contribution in [0.2, 0.25) is 5.02 Å². The number of rotatable bonds is 3. The summed E-state index contributed by atoms with van der Waals surface area (Å²) >= 11 is 5.94.